The van der Waals surface area contributed by atoms with E-state index in [-0.39, 0.29) is 0 Å². The predicted molar refractivity (Wildman–Crippen MR) is 100 cm³/mol. The van der Waals surface area contributed by atoms with Crippen LogP contribution in [0.1, 0.15) is 5.56 Å². The lowest BCUT2D eigenvalue weighted by Gasteiger charge is -2.30. The summed E-state index contributed by atoms with van der Waals surface area (Å²) in [5.74, 6) is 0. The zero-order chi connectivity index (χ0) is 18.1. The van der Waals surface area contributed by atoms with Crippen molar-refractivity contribution in [1.82, 2.24) is 0 Å². The number of aromatic nitrogens is 1. The quantitative estimate of drug-likeness (QED) is 0.712. The van der Waals surface area contributed by atoms with Gasteiger partial charge in [-0.1, -0.05) is 29.8 Å². The van der Waals surface area contributed by atoms with Crippen LogP contribution in [-0.2, 0) is 14.6 Å². The molecule has 2 heterocycles. The number of nitrogens with zero attached hydrogens (tertiary/aromatic N) is 1. The number of aryl methyl sites for hydroxylation is 1. The average Bonchev–Trinajstić information content (AvgIpc) is 2.68. The van der Waals surface area contributed by atoms with Crippen molar-refractivity contribution in [2.24, 2.45) is 0 Å². The Morgan fingerprint density at radius 3 is 2.42 bits per heavy atom. The number of aromatic amines is 1. The van der Waals surface area contributed by atoms with Gasteiger partial charge >= 0.3 is 0 Å². The summed E-state index contributed by atoms with van der Waals surface area (Å²) in [7, 11) is -3.64. The first-order chi connectivity index (χ1) is 12.6. The van der Waals surface area contributed by atoms with E-state index in [1.165, 1.54) is 0 Å². The summed E-state index contributed by atoms with van der Waals surface area (Å²) >= 11 is 0. The number of benzene rings is 2. The maximum atomic E-state index is 13.4. The van der Waals surface area contributed by atoms with Gasteiger partial charge in [-0.25, -0.2) is 13.4 Å². The fourth-order valence-corrected chi connectivity index (χ4v) is 4.78. The van der Waals surface area contributed by atoms with Crippen LogP contribution in [0.3, 0.4) is 0 Å². The number of hydrogen-bond donors (Lipinski definition) is 0. The Morgan fingerprint density at radius 1 is 1.00 bits per heavy atom. The first-order valence-electron chi connectivity index (χ1n) is 8.65. The lowest BCUT2D eigenvalue weighted by molar-refractivity contribution is -0.347. The number of anilines is 1. The van der Waals surface area contributed by atoms with Crippen molar-refractivity contribution in [2.45, 2.75) is 16.7 Å². The van der Waals surface area contributed by atoms with E-state index in [9.17, 15) is 8.42 Å². The molecule has 0 atom stereocenters. The lowest BCUT2D eigenvalue weighted by atomic mass is 10.1. The van der Waals surface area contributed by atoms with Gasteiger partial charge in [-0.05, 0) is 25.1 Å². The van der Waals surface area contributed by atoms with E-state index in [0.29, 0.717) is 36.1 Å². The molecule has 134 valence electrons. The molecule has 5 nitrogen and oxygen atoms in total. The number of pyridine rings is 1. The number of rotatable bonds is 3. The number of ether oxygens (including phenoxy) is 1. The summed E-state index contributed by atoms with van der Waals surface area (Å²) in [5.41, 5.74) is 2.70. The molecular formula is C20H21N2O3S+. The molecule has 6 heteroatoms. The summed E-state index contributed by atoms with van der Waals surface area (Å²) < 4.78 is 32.2. The fraction of sp³-hybridized carbons (Fsp3) is 0.250. The summed E-state index contributed by atoms with van der Waals surface area (Å²) in [5, 5.41) is 0.905. The monoisotopic (exact) mass is 369 g/mol. The van der Waals surface area contributed by atoms with E-state index in [4.69, 9.17) is 4.74 Å². The number of nitrogens with one attached hydrogen (secondary N) is 1. The smallest absolute Gasteiger partial charge is 0.214 e. The van der Waals surface area contributed by atoms with Crippen molar-refractivity contribution in [3.63, 3.8) is 0 Å². The van der Waals surface area contributed by atoms with E-state index in [0.717, 1.165) is 22.2 Å². The normalized spacial score (nSPS) is 15.3. The molecule has 3 aromatic rings. The number of H-pyrrole nitrogens is 1. The highest BCUT2D eigenvalue weighted by Crippen LogP contribution is 2.35. The molecule has 0 spiro atoms. The molecule has 1 N–H and O–H groups in total. The third-order valence-corrected chi connectivity index (χ3v) is 6.51. The Hall–Kier alpha value is -2.44. The van der Waals surface area contributed by atoms with E-state index in [2.05, 4.69) is 9.88 Å². The van der Waals surface area contributed by atoms with Gasteiger partial charge in [0, 0.05) is 19.2 Å². The van der Waals surface area contributed by atoms with Crippen molar-refractivity contribution < 1.29 is 18.1 Å². The second-order valence-electron chi connectivity index (χ2n) is 6.46. The highest BCUT2D eigenvalue weighted by molar-refractivity contribution is 7.91. The molecule has 0 bridgehead atoms. The minimum absolute atomic E-state index is 0.307. The predicted octanol–water partition coefficient (Wildman–Crippen LogP) is 2.63. The van der Waals surface area contributed by atoms with Gasteiger partial charge in [0.05, 0.1) is 29.2 Å². The van der Waals surface area contributed by atoms with Gasteiger partial charge < -0.3 is 9.64 Å². The Bertz CT molecular complexity index is 1040. The number of hydrogen-bond acceptors (Lipinski definition) is 4. The first kappa shape index (κ1) is 17.0. The number of sulfone groups is 1. The van der Waals surface area contributed by atoms with Crippen molar-refractivity contribution in [3.8, 4) is 0 Å². The Labute approximate surface area is 153 Å². The minimum Gasteiger partial charge on any atom is -0.378 e. The largest absolute Gasteiger partial charge is 0.378 e. The first-order valence-corrected chi connectivity index (χ1v) is 10.1. The molecular weight excluding hydrogens is 348 g/mol. The Morgan fingerprint density at radius 2 is 1.69 bits per heavy atom. The highest BCUT2D eigenvalue weighted by Gasteiger charge is 2.29. The van der Waals surface area contributed by atoms with Gasteiger partial charge in [-0.2, -0.15) is 0 Å². The maximum Gasteiger partial charge on any atom is 0.214 e. The van der Waals surface area contributed by atoms with Crippen LogP contribution in [0.2, 0.25) is 0 Å². The third-order valence-electron chi connectivity index (χ3n) is 4.72. The molecule has 1 aromatic heterocycles. The summed E-state index contributed by atoms with van der Waals surface area (Å²) in [6.45, 7) is 4.47. The van der Waals surface area contributed by atoms with Crippen LogP contribution in [0, 0.1) is 6.92 Å². The van der Waals surface area contributed by atoms with Crippen LogP contribution in [0.4, 0.5) is 5.69 Å². The van der Waals surface area contributed by atoms with Crippen LogP contribution in [0.25, 0.3) is 10.9 Å². The van der Waals surface area contributed by atoms with Gasteiger partial charge in [0.1, 0.15) is 0 Å². The second-order valence-corrected chi connectivity index (χ2v) is 8.38. The van der Waals surface area contributed by atoms with Crippen molar-refractivity contribution in [2.75, 3.05) is 31.2 Å². The van der Waals surface area contributed by atoms with Crippen LogP contribution < -0.4 is 9.88 Å². The number of morpholine rings is 1. The molecule has 1 aliphatic heterocycles. The van der Waals surface area contributed by atoms with E-state index in [1.54, 1.807) is 18.3 Å². The van der Waals surface area contributed by atoms with E-state index in [1.807, 2.05) is 43.3 Å². The molecule has 2 aromatic carbocycles. The molecule has 0 aliphatic carbocycles. The summed E-state index contributed by atoms with van der Waals surface area (Å²) in [4.78, 5) is 5.88. The van der Waals surface area contributed by atoms with Crippen LogP contribution >= 0.6 is 0 Å². The van der Waals surface area contributed by atoms with Gasteiger partial charge in [0.2, 0.25) is 15.4 Å². The maximum absolute atomic E-state index is 13.4. The second kappa shape index (κ2) is 6.70. The molecule has 4 rings (SSSR count). The summed E-state index contributed by atoms with van der Waals surface area (Å²) in [6, 6.07) is 14.8. The lowest BCUT2D eigenvalue weighted by Crippen LogP contribution is -2.37. The molecule has 1 saturated heterocycles. The number of fused-ring (bicyclic) bond motifs is 1. The van der Waals surface area contributed by atoms with Crippen LogP contribution in [0.15, 0.2) is 64.5 Å². The van der Waals surface area contributed by atoms with Crippen molar-refractivity contribution in [3.05, 3.63) is 60.3 Å². The molecule has 0 amide bonds. The molecule has 1 aliphatic rings. The average molecular weight is 369 g/mol. The van der Waals surface area contributed by atoms with Crippen molar-refractivity contribution >= 4 is 26.4 Å². The summed E-state index contributed by atoms with van der Waals surface area (Å²) in [6.07, 6.45) is 1.61. The highest BCUT2D eigenvalue weighted by atomic mass is 32.2. The van der Waals surface area contributed by atoms with E-state index < -0.39 is 9.84 Å². The van der Waals surface area contributed by atoms with Crippen LogP contribution in [0.5, 0.6) is 0 Å². The minimum atomic E-state index is -3.64. The van der Waals surface area contributed by atoms with Crippen LogP contribution in [-0.4, -0.2) is 34.7 Å². The molecule has 26 heavy (non-hydrogen) atoms. The molecule has 1 fully saturated rings. The molecule has 0 unspecified atom stereocenters. The zero-order valence-corrected chi connectivity index (χ0v) is 15.4. The fourth-order valence-electron chi connectivity index (χ4n) is 3.32. The van der Waals surface area contributed by atoms with Gasteiger partial charge in [-0.3, -0.25) is 0 Å². The van der Waals surface area contributed by atoms with Gasteiger partial charge in [-0.15, -0.1) is 0 Å². The van der Waals surface area contributed by atoms with Crippen molar-refractivity contribution in [1.29, 1.82) is 0 Å². The Balaban J connectivity index is 1.95. The topological polar surface area (TPSA) is 60.8 Å². The van der Waals surface area contributed by atoms with E-state index >= 15 is 0 Å². The SMILES string of the molecule is Cc1ccc(S(=O)(=O)c2c[nH+]c3ccccc3c2N2CCOCC2)cc1. The Kier molecular flexibility index (Phi) is 4.38. The van der Waals surface area contributed by atoms with Gasteiger partial charge in [0.25, 0.3) is 0 Å². The molecule has 0 saturated carbocycles. The number of para-hydroxylation sites is 1. The molecule has 0 radical (unpaired) electrons. The van der Waals surface area contributed by atoms with Gasteiger partial charge in [0.15, 0.2) is 11.1 Å². The standard InChI is InChI=1S/C20H20N2O3S/c1-15-6-8-16(9-7-15)26(23,24)19-14-21-18-5-3-2-4-17(18)20(19)22-10-12-25-13-11-22/h2-9,14H,10-13H2,1H3/p+1. The zero-order valence-electron chi connectivity index (χ0n) is 14.6. The third kappa shape index (κ3) is 2.95.